The van der Waals surface area contributed by atoms with Gasteiger partial charge in [0, 0.05) is 12.1 Å². The Morgan fingerprint density at radius 3 is 2.07 bits per heavy atom. The Morgan fingerprint density at radius 2 is 1.45 bits per heavy atom. The van der Waals surface area contributed by atoms with Crippen molar-refractivity contribution in [3.05, 3.63) is 59.7 Å². The van der Waals surface area contributed by atoms with E-state index < -0.39 is 0 Å². The van der Waals surface area contributed by atoms with Gasteiger partial charge in [0.05, 0.1) is 53.6 Å². The highest BCUT2D eigenvalue weighted by atomic mass is 79.9. The zero-order chi connectivity index (χ0) is 31.4. The Labute approximate surface area is 263 Å². The van der Waals surface area contributed by atoms with Crippen molar-refractivity contribution in [3.8, 4) is 5.75 Å². The summed E-state index contributed by atoms with van der Waals surface area (Å²) < 4.78 is 19.3. The number of ether oxygens (including phenoxy) is 2. The van der Waals surface area contributed by atoms with Crippen molar-refractivity contribution in [2.24, 2.45) is 5.41 Å². The highest BCUT2D eigenvalue weighted by molar-refractivity contribution is 9.05. The number of carbonyl (C=O) groups excluding carboxylic acids is 2. The normalized spacial score (nSPS) is 11.3. The molecule has 0 spiro atoms. The van der Waals surface area contributed by atoms with Gasteiger partial charge in [0.25, 0.3) is 5.91 Å². The number of benzene rings is 2. The molecule has 236 valence electrons. The van der Waals surface area contributed by atoms with Gasteiger partial charge in [0.2, 0.25) is 0 Å². The Morgan fingerprint density at radius 1 is 0.833 bits per heavy atom. The maximum atomic E-state index is 13.0. The van der Waals surface area contributed by atoms with Crippen molar-refractivity contribution < 1.29 is 27.7 Å². The van der Waals surface area contributed by atoms with Crippen molar-refractivity contribution >= 4 is 33.8 Å². The van der Waals surface area contributed by atoms with Crippen LogP contribution in [-0.2, 0) is 4.74 Å². The van der Waals surface area contributed by atoms with Crippen LogP contribution in [0.1, 0.15) is 107 Å². The van der Waals surface area contributed by atoms with E-state index in [-0.39, 0.29) is 17.3 Å². The van der Waals surface area contributed by atoms with Gasteiger partial charge in [-0.25, -0.2) is 4.79 Å². The minimum Gasteiger partial charge on any atom is -0.493 e. The van der Waals surface area contributed by atoms with Crippen LogP contribution in [0.3, 0.4) is 0 Å². The van der Waals surface area contributed by atoms with Crippen LogP contribution in [-0.4, -0.2) is 60.0 Å². The van der Waals surface area contributed by atoms with Gasteiger partial charge in [-0.15, -0.1) is 0 Å². The van der Waals surface area contributed by atoms with E-state index in [0.29, 0.717) is 35.8 Å². The summed E-state index contributed by atoms with van der Waals surface area (Å²) >= 11 is 1.94. The highest BCUT2D eigenvalue weighted by Gasteiger charge is 2.26. The van der Waals surface area contributed by atoms with E-state index in [9.17, 15) is 9.59 Å². The molecule has 0 unspecified atom stereocenters. The number of likely N-dealkylation sites (N-methyl/N-ethyl adjacent to an activating group) is 1. The highest BCUT2D eigenvalue weighted by Crippen LogP contribution is 2.23. The molecule has 1 amide bonds. The fourth-order valence-electron chi connectivity index (χ4n) is 4.69. The number of rotatable bonds is 18. The van der Waals surface area contributed by atoms with E-state index in [0.717, 1.165) is 49.9 Å². The van der Waals surface area contributed by atoms with Crippen LogP contribution in [0, 0.1) is 5.41 Å². The predicted molar refractivity (Wildman–Crippen MR) is 176 cm³/mol. The summed E-state index contributed by atoms with van der Waals surface area (Å²) in [7, 11) is 0. The third kappa shape index (κ3) is 14.2. The lowest BCUT2D eigenvalue weighted by molar-refractivity contribution is -0.925. The number of amides is 1. The number of carbonyl (C=O) groups is 2. The molecule has 2 aromatic carbocycles. The van der Waals surface area contributed by atoms with Crippen LogP contribution in [0.15, 0.2) is 48.5 Å². The number of esters is 1. The molecule has 0 radical (unpaired) electrons. The fraction of sp³-hybridized carbons (Fsp3) is 0.588. The summed E-state index contributed by atoms with van der Waals surface area (Å²) in [5, 5.41) is 2.92. The molecule has 0 aliphatic heterocycles. The molecule has 42 heavy (non-hydrogen) atoms. The maximum Gasteiger partial charge on any atom is 0.338 e. The van der Waals surface area contributed by atoms with Gasteiger partial charge in [-0.2, -0.15) is 0 Å². The van der Waals surface area contributed by atoms with Gasteiger partial charge < -0.3 is 23.5 Å². The number of quaternary nitrogens is 1. The van der Waals surface area contributed by atoms with Crippen LogP contribution in [0.2, 0.25) is 0 Å². The van der Waals surface area contributed by atoms with Gasteiger partial charge in [-0.3, -0.25) is 4.79 Å². The Bertz CT molecular complexity index is 1030. The molecule has 0 saturated heterocycles. The van der Waals surface area contributed by atoms with Gasteiger partial charge >= 0.3 is 5.97 Å². The van der Waals surface area contributed by atoms with Crippen LogP contribution in [0.5, 0.6) is 5.75 Å². The zero-order valence-electron chi connectivity index (χ0n) is 26.7. The molecule has 0 bridgehead atoms. The quantitative estimate of drug-likeness (QED) is 0.0962. The third-order valence-corrected chi connectivity index (χ3v) is 7.74. The monoisotopic (exact) mass is 649 g/mol. The molecule has 0 fully saturated rings. The molecule has 0 saturated carbocycles. The van der Waals surface area contributed by atoms with Gasteiger partial charge in [-0.05, 0) is 62.1 Å². The molecule has 2 rings (SSSR count). The minimum absolute atomic E-state index is 0.239. The molecule has 0 heterocycles. The molecular formula is C34H54BrN2O5+. The topological polar surface area (TPSA) is 84.9 Å². The summed E-state index contributed by atoms with van der Waals surface area (Å²) in [6.45, 7) is 18.3. The molecule has 2 N–H and O–H groups in total. The largest absolute Gasteiger partial charge is 0.493 e. The number of nitrogens with one attached hydrogen (secondary N) is 1. The Balaban J connectivity index is 0.00000431. The van der Waals surface area contributed by atoms with Crippen LogP contribution >= 0.6 is 16.3 Å². The second kappa shape index (κ2) is 20.5. The van der Waals surface area contributed by atoms with E-state index in [1.54, 1.807) is 30.3 Å². The van der Waals surface area contributed by atoms with Crippen LogP contribution < -0.4 is 10.1 Å². The van der Waals surface area contributed by atoms with Crippen molar-refractivity contribution in [2.75, 3.05) is 44.7 Å². The first-order valence-corrected chi connectivity index (χ1v) is 16.2. The first-order chi connectivity index (χ1) is 20.1. The number of anilines is 1. The van der Waals surface area contributed by atoms with E-state index in [2.05, 4.69) is 46.9 Å². The smallest absolute Gasteiger partial charge is 0.338 e. The average molecular weight is 651 g/mol. The second-order valence-corrected chi connectivity index (χ2v) is 12.0. The Hall–Kier alpha value is -2.42. The summed E-state index contributed by atoms with van der Waals surface area (Å²) in [6.07, 6.45) is 8.25. The number of unbranched alkanes of at least 4 members (excludes halogenated alkanes) is 5. The average Bonchev–Trinajstić information content (AvgIpc) is 2.99. The molecule has 0 atom stereocenters. The number of hydrogen-bond acceptors (Lipinski definition) is 5. The SMILES string of the molecule is CCCCCCCCOc1ccccc1C(=O)Nc1ccc(C(=O)OCC[N+](CC)(CC)CCC(C)(C)C)cc1.OBr. The van der Waals surface area contributed by atoms with Gasteiger partial charge in [-0.1, -0.05) is 71.9 Å². The predicted octanol–water partition coefficient (Wildman–Crippen LogP) is 8.42. The van der Waals surface area contributed by atoms with Crippen LogP contribution in [0.25, 0.3) is 0 Å². The molecule has 0 aliphatic rings. The van der Waals surface area contributed by atoms with Crippen molar-refractivity contribution in [3.63, 3.8) is 0 Å². The number of para-hydroxylation sites is 1. The van der Waals surface area contributed by atoms with E-state index in [1.165, 1.54) is 25.7 Å². The van der Waals surface area contributed by atoms with E-state index in [1.807, 2.05) is 34.5 Å². The number of nitrogens with zero attached hydrogens (tertiary/aromatic N) is 1. The lowest BCUT2D eigenvalue weighted by Crippen LogP contribution is -2.51. The zero-order valence-corrected chi connectivity index (χ0v) is 28.3. The molecule has 0 aromatic heterocycles. The lowest BCUT2D eigenvalue weighted by atomic mass is 9.91. The summed E-state index contributed by atoms with van der Waals surface area (Å²) in [5.41, 5.74) is 1.87. The number of hydrogen-bond donors (Lipinski definition) is 2. The fourth-order valence-corrected chi connectivity index (χ4v) is 4.69. The first kappa shape index (κ1) is 37.6. The summed E-state index contributed by atoms with van der Waals surface area (Å²) in [6, 6.07) is 14.2. The lowest BCUT2D eigenvalue weighted by Gasteiger charge is -2.38. The summed E-state index contributed by atoms with van der Waals surface area (Å²) in [5.74, 6) is 0.00899. The van der Waals surface area contributed by atoms with E-state index >= 15 is 0 Å². The van der Waals surface area contributed by atoms with Crippen molar-refractivity contribution in [1.82, 2.24) is 0 Å². The van der Waals surface area contributed by atoms with Crippen LogP contribution in [0.4, 0.5) is 5.69 Å². The van der Waals surface area contributed by atoms with Crippen molar-refractivity contribution in [2.45, 2.75) is 86.5 Å². The molecule has 7 nitrogen and oxygen atoms in total. The number of halogens is 1. The molecular weight excluding hydrogens is 596 g/mol. The molecule has 8 heteroatoms. The standard InChI is InChI=1S/C34H52N2O4.BrHO/c1-7-10-11-12-13-16-26-39-31-18-15-14-17-30(31)32(37)35-29-21-19-28(20-22-29)33(38)40-27-25-36(8-2,9-3)24-23-34(4,5)6;1-2/h14-15,17-22H,7-13,16,23-27H2,1-6H3;2H/p+1. The summed E-state index contributed by atoms with van der Waals surface area (Å²) in [4.78, 5) is 25.7. The Kier molecular flexibility index (Phi) is 18.3. The minimum atomic E-state index is -0.340. The van der Waals surface area contributed by atoms with E-state index in [4.69, 9.17) is 13.7 Å². The first-order valence-electron chi connectivity index (χ1n) is 15.5. The van der Waals surface area contributed by atoms with Crippen molar-refractivity contribution in [1.29, 1.82) is 0 Å². The van der Waals surface area contributed by atoms with Gasteiger partial charge in [0.15, 0.2) is 0 Å². The molecule has 0 aliphatic carbocycles. The second-order valence-electron chi connectivity index (χ2n) is 12.0. The van der Waals surface area contributed by atoms with Gasteiger partial charge in [0.1, 0.15) is 18.9 Å². The molecule has 2 aromatic rings. The third-order valence-electron chi connectivity index (χ3n) is 7.74. The maximum absolute atomic E-state index is 13.0.